The van der Waals surface area contributed by atoms with Crippen LogP contribution in [-0.2, 0) is 28.4 Å². The molecule has 4 saturated carbocycles. The molecule has 0 aromatic heterocycles. The number of hydrogen-bond donors (Lipinski definition) is 11. The molecule has 0 unspecified atom stereocenters. The first-order valence-electron chi connectivity index (χ1n) is 23.4. The van der Waals surface area contributed by atoms with Gasteiger partial charge < -0.3 is 84.6 Å². The minimum absolute atomic E-state index is 0.145. The summed E-state index contributed by atoms with van der Waals surface area (Å²) in [7, 11) is 0. The lowest BCUT2D eigenvalue weighted by molar-refractivity contribution is -0.345. The van der Waals surface area contributed by atoms with Crippen molar-refractivity contribution in [2.24, 2.45) is 45.8 Å². The van der Waals surface area contributed by atoms with Crippen molar-refractivity contribution in [1.29, 1.82) is 0 Å². The fourth-order valence-electron chi connectivity index (χ4n) is 13.8. The summed E-state index contributed by atoms with van der Waals surface area (Å²) < 4.78 is 36.4. The molecule has 63 heavy (non-hydrogen) atoms. The van der Waals surface area contributed by atoms with Crippen LogP contribution in [0.15, 0.2) is 11.6 Å². The molecule has 0 spiro atoms. The molecule has 24 atom stereocenters. The van der Waals surface area contributed by atoms with E-state index in [9.17, 15) is 56.2 Å². The van der Waals surface area contributed by atoms with Crippen LogP contribution in [0.25, 0.3) is 0 Å². The van der Waals surface area contributed by atoms with E-state index in [0.717, 1.165) is 37.7 Å². The summed E-state index contributed by atoms with van der Waals surface area (Å²) in [4.78, 5) is 0. The van der Waals surface area contributed by atoms with Crippen molar-refractivity contribution >= 4 is 0 Å². The third-order valence-electron chi connectivity index (χ3n) is 17.8. The van der Waals surface area contributed by atoms with E-state index in [-0.39, 0.29) is 58.5 Å². The van der Waals surface area contributed by atoms with Gasteiger partial charge in [-0.2, -0.15) is 0 Å². The Kier molecular flexibility index (Phi) is 15.0. The van der Waals surface area contributed by atoms with E-state index < -0.39 is 111 Å². The smallest absolute Gasteiger partial charge is 0.187 e. The highest BCUT2D eigenvalue weighted by molar-refractivity contribution is 5.18. The predicted octanol–water partition coefficient (Wildman–Crippen LogP) is 0.222. The first-order valence-corrected chi connectivity index (χ1v) is 23.4. The van der Waals surface area contributed by atoms with Crippen molar-refractivity contribution in [3.8, 4) is 0 Å². The van der Waals surface area contributed by atoms with Crippen molar-refractivity contribution in [3.05, 3.63) is 11.6 Å². The summed E-state index contributed by atoms with van der Waals surface area (Å²) in [5.74, 6) is 0.369. The quantitative estimate of drug-likeness (QED) is 0.0924. The summed E-state index contributed by atoms with van der Waals surface area (Å²) in [5, 5.41) is 118. The lowest BCUT2D eigenvalue weighted by Gasteiger charge is -2.67. The molecule has 3 aliphatic heterocycles. The first-order chi connectivity index (χ1) is 29.5. The molecule has 7 aliphatic rings. The fourth-order valence-corrected chi connectivity index (χ4v) is 13.8. The Balaban J connectivity index is 1.09. The summed E-state index contributed by atoms with van der Waals surface area (Å²) in [6.45, 7) is 13.9. The molecule has 4 aliphatic carbocycles. The van der Waals surface area contributed by atoms with Crippen LogP contribution in [0.3, 0.4) is 0 Å². The van der Waals surface area contributed by atoms with E-state index in [1.165, 1.54) is 0 Å². The Morgan fingerprint density at radius 2 is 1.30 bits per heavy atom. The number of hydrogen-bond acceptors (Lipinski definition) is 17. The number of rotatable bonds is 12. The van der Waals surface area contributed by atoms with Crippen LogP contribution in [0.5, 0.6) is 0 Å². The second kappa shape index (κ2) is 18.9. The van der Waals surface area contributed by atoms with Gasteiger partial charge in [-0.15, -0.1) is 0 Å². The lowest BCUT2D eigenvalue weighted by Crippen LogP contribution is -2.65. The summed E-state index contributed by atoms with van der Waals surface area (Å²) in [6.07, 6.45) is -12.2. The van der Waals surface area contributed by atoms with Gasteiger partial charge in [-0.25, -0.2) is 0 Å². The van der Waals surface area contributed by atoms with Gasteiger partial charge in [0.2, 0.25) is 0 Å². The molecule has 7 fully saturated rings. The van der Waals surface area contributed by atoms with Gasteiger partial charge in [-0.3, -0.25) is 0 Å². The van der Waals surface area contributed by atoms with E-state index in [2.05, 4.69) is 33.8 Å². The van der Waals surface area contributed by atoms with Gasteiger partial charge in [0, 0.05) is 0 Å². The Bertz CT molecular complexity index is 1580. The second-order valence-electron chi connectivity index (χ2n) is 21.8. The topological polar surface area (TPSA) is 278 Å². The van der Waals surface area contributed by atoms with Gasteiger partial charge in [-0.1, -0.05) is 39.3 Å². The zero-order chi connectivity index (χ0) is 46.1. The van der Waals surface area contributed by atoms with Gasteiger partial charge in [0.05, 0.1) is 37.6 Å². The standard InChI is InChI=1S/C46H78O17/c1-21(2)9-8-14-46(7,63-42-39(57)36(54)34(52)29(61-42)20-59-40-37(55)32(50)27(49)19-58-40)24-13-16-45(6)31(24)26(48)17-25-22-10-11-30(43(3,4)23(22)12-15-44(25,45)5)62-41-38(56)35(53)33(51)28(18-47)60-41/h9,22-42,47-57H,8,10-20H2,1-7H3/t22-,23+,24+,25-,26-,27-,28-,29-,30-,31+,32+,33-,34-,35+,36+,37-,38-,39-,40-,41+,42+,44-,45-,46+/m1/s1. The Morgan fingerprint density at radius 3 is 1.97 bits per heavy atom. The van der Waals surface area contributed by atoms with Crippen molar-refractivity contribution in [2.45, 2.75) is 210 Å². The normalized spacial score (nSPS) is 51.9. The van der Waals surface area contributed by atoms with Crippen molar-refractivity contribution in [1.82, 2.24) is 0 Å². The van der Waals surface area contributed by atoms with Gasteiger partial charge in [0.1, 0.15) is 67.1 Å². The van der Waals surface area contributed by atoms with E-state index in [4.69, 9.17) is 28.4 Å². The van der Waals surface area contributed by atoms with Crippen molar-refractivity contribution in [2.75, 3.05) is 19.8 Å². The van der Waals surface area contributed by atoms with Crippen LogP contribution in [0.2, 0.25) is 0 Å². The van der Waals surface area contributed by atoms with Crippen molar-refractivity contribution in [3.63, 3.8) is 0 Å². The first kappa shape index (κ1) is 50.0. The van der Waals surface area contributed by atoms with Crippen LogP contribution >= 0.6 is 0 Å². The van der Waals surface area contributed by atoms with Crippen LogP contribution in [0.4, 0.5) is 0 Å². The van der Waals surface area contributed by atoms with Crippen LogP contribution in [-0.4, -0.2) is 180 Å². The zero-order valence-corrected chi connectivity index (χ0v) is 38.1. The number of aliphatic hydroxyl groups excluding tert-OH is 11. The van der Waals surface area contributed by atoms with Crippen LogP contribution in [0, 0.1) is 45.8 Å². The molecule has 3 heterocycles. The molecule has 17 nitrogen and oxygen atoms in total. The molecule has 0 amide bonds. The highest BCUT2D eigenvalue weighted by atomic mass is 16.7. The van der Waals surface area contributed by atoms with E-state index >= 15 is 0 Å². The minimum atomic E-state index is -1.67. The lowest BCUT2D eigenvalue weighted by atomic mass is 9.39. The van der Waals surface area contributed by atoms with Gasteiger partial charge >= 0.3 is 0 Å². The molecular formula is C46H78O17. The number of allylic oxidation sites excluding steroid dienone is 2. The zero-order valence-electron chi connectivity index (χ0n) is 38.1. The average Bonchev–Trinajstić information content (AvgIpc) is 3.62. The minimum Gasteiger partial charge on any atom is -0.394 e. The van der Waals surface area contributed by atoms with Gasteiger partial charge in [0.25, 0.3) is 0 Å². The number of fused-ring (bicyclic) bond motifs is 5. The Labute approximate surface area is 371 Å². The van der Waals surface area contributed by atoms with Gasteiger partial charge in [0.15, 0.2) is 18.9 Å². The third-order valence-corrected chi connectivity index (χ3v) is 17.8. The molecule has 11 N–H and O–H groups in total. The highest BCUT2D eigenvalue weighted by Crippen LogP contribution is 2.73. The molecule has 7 rings (SSSR count). The molecule has 3 saturated heterocycles. The second-order valence-corrected chi connectivity index (χ2v) is 21.8. The predicted molar refractivity (Wildman–Crippen MR) is 223 cm³/mol. The Hall–Kier alpha value is -0.940. The van der Waals surface area contributed by atoms with Crippen molar-refractivity contribution < 1.29 is 84.6 Å². The largest absolute Gasteiger partial charge is 0.394 e. The Morgan fingerprint density at radius 1 is 0.683 bits per heavy atom. The molecule has 0 radical (unpaired) electrons. The van der Waals surface area contributed by atoms with E-state index in [1.54, 1.807) is 0 Å². The molecule has 364 valence electrons. The van der Waals surface area contributed by atoms with Crippen LogP contribution in [0.1, 0.15) is 106 Å². The summed E-state index contributed by atoms with van der Waals surface area (Å²) in [5.41, 5.74) is -0.649. The number of ether oxygens (including phenoxy) is 6. The maximum Gasteiger partial charge on any atom is 0.187 e. The monoisotopic (exact) mass is 903 g/mol. The molecule has 0 bridgehead atoms. The summed E-state index contributed by atoms with van der Waals surface area (Å²) in [6, 6.07) is 0. The fraction of sp³-hybridized carbons (Fsp3) is 0.957. The molecule has 17 heteroatoms. The molecular weight excluding hydrogens is 824 g/mol. The molecule has 0 aromatic carbocycles. The van der Waals surface area contributed by atoms with E-state index in [0.29, 0.717) is 25.7 Å². The number of aliphatic hydroxyl groups is 11. The SMILES string of the molecule is CC(C)=CCC[C@](C)(O[C@@H]1O[C@H](CO[C@H]2OC[C@@H](O)[C@H](O)[C@H]2O)[C@@H](O)[C@H](O)[C@H]1O)[C@H]1CC[C@]2(C)[C@@H]1[C@H](O)C[C@@H]1[C@@H]3CC[C@@H](O[C@@H]4O[C@H](CO)[C@@H](O)[C@H](O)[C@H]4O)C(C)(C)[C@H]3CC[C@]12C. The maximum atomic E-state index is 12.5. The molecule has 0 aromatic rings. The summed E-state index contributed by atoms with van der Waals surface area (Å²) >= 11 is 0. The highest BCUT2D eigenvalue weighted by Gasteiger charge is 2.69. The maximum absolute atomic E-state index is 12.5. The van der Waals surface area contributed by atoms with Crippen LogP contribution < -0.4 is 0 Å². The van der Waals surface area contributed by atoms with E-state index in [1.807, 2.05) is 20.8 Å². The third kappa shape index (κ3) is 8.86. The average molecular weight is 903 g/mol. The van der Waals surface area contributed by atoms with Gasteiger partial charge in [-0.05, 0) is 124 Å².